The highest BCUT2D eigenvalue weighted by Gasteiger charge is 2.70. The number of fused-ring (bicyclic) bond motifs is 10. The lowest BCUT2D eigenvalue weighted by molar-refractivity contribution is -0.123. The molecule has 7 atom stereocenters. The van der Waals surface area contributed by atoms with Gasteiger partial charge in [-0.25, -0.2) is 4.79 Å². The zero-order valence-corrected chi connectivity index (χ0v) is 31.5. The van der Waals surface area contributed by atoms with Crippen molar-refractivity contribution in [2.24, 2.45) is 29.6 Å². The normalized spacial score (nSPS) is 25.2. The van der Waals surface area contributed by atoms with Crippen molar-refractivity contribution in [1.82, 2.24) is 4.98 Å². The number of imide groups is 1. The van der Waals surface area contributed by atoms with Crippen molar-refractivity contribution in [1.29, 1.82) is 0 Å². The third-order valence-corrected chi connectivity index (χ3v) is 14.2. The number of amides is 3. The lowest BCUT2D eigenvalue weighted by Gasteiger charge is -2.43. The Morgan fingerprint density at radius 3 is 2.49 bits per heavy atom. The molecule has 5 aromatic rings. The standard InChI is InChI=1S/C40H32BrN3O7S2/c1-2-50-39(48)20-10-13-22(14-11-20)44-37(46)32-25-17-26(33(32)38(44)47)34-31(25)30(35-36(52-34)43-40(49)53-35)24-16-21(41)12-15-28(24)51-18-29(45)42-27-9-5-7-19-6-3-4-8-23(19)27/h3-16,25-26,30-34H,2,17-18H2,1H3,(H,42,45)(H,43,49)/t25?,26?,30-,31?,32?,33?,34?/m1/s1. The molecule has 268 valence electrons. The summed E-state index contributed by atoms with van der Waals surface area (Å²) in [7, 11) is 0. The molecule has 9 rings (SSSR count). The van der Waals surface area contributed by atoms with E-state index in [2.05, 4.69) is 26.2 Å². The van der Waals surface area contributed by atoms with Gasteiger partial charge in [-0.3, -0.25) is 24.1 Å². The Morgan fingerprint density at radius 1 is 0.943 bits per heavy atom. The minimum absolute atomic E-state index is 0.0339. The lowest BCUT2D eigenvalue weighted by Crippen LogP contribution is -2.42. The second kappa shape index (κ2) is 13.3. The van der Waals surface area contributed by atoms with E-state index in [1.54, 1.807) is 43.0 Å². The summed E-state index contributed by atoms with van der Waals surface area (Å²) in [6, 6.07) is 25.6. The molecule has 6 unspecified atom stereocenters. The molecule has 2 aliphatic carbocycles. The second-order valence-electron chi connectivity index (χ2n) is 13.8. The smallest absolute Gasteiger partial charge is 0.338 e. The molecule has 0 radical (unpaired) electrons. The van der Waals surface area contributed by atoms with Crippen molar-refractivity contribution in [3.05, 3.63) is 115 Å². The second-order valence-corrected chi connectivity index (χ2v) is 16.9. The predicted molar refractivity (Wildman–Crippen MR) is 206 cm³/mol. The van der Waals surface area contributed by atoms with Crippen LogP contribution in [-0.2, 0) is 19.1 Å². The molecule has 1 saturated heterocycles. The first-order valence-corrected chi connectivity index (χ1v) is 19.9. The maximum absolute atomic E-state index is 14.3. The fraction of sp³-hybridized carbons (Fsp3) is 0.275. The van der Waals surface area contributed by atoms with Crippen LogP contribution in [0.4, 0.5) is 11.4 Å². The average Bonchev–Trinajstić information content (AvgIpc) is 3.90. The average molecular weight is 811 g/mol. The summed E-state index contributed by atoms with van der Waals surface area (Å²) in [5.41, 5.74) is 2.29. The molecule has 53 heavy (non-hydrogen) atoms. The molecular weight excluding hydrogens is 778 g/mol. The summed E-state index contributed by atoms with van der Waals surface area (Å²) in [5, 5.41) is 5.67. The Balaban J connectivity index is 1.02. The molecular formula is C40H32BrN3O7S2. The Labute approximate surface area is 320 Å². The number of nitrogens with one attached hydrogen (secondary N) is 2. The number of aromatic amines is 1. The van der Waals surface area contributed by atoms with Crippen LogP contribution in [0.1, 0.15) is 40.1 Å². The van der Waals surface area contributed by atoms with Gasteiger partial charge in [-0.2, -0.15) is 0 Å². The van der Waals surface area contributed by atoms with E-state index in [1.807, 2.05) is 60.7 Å². The highest BCUT2D eigenvalue weighted by molar-refractivity contribution is 9.10. The van der Waals surface area contributed by atoms with E-state index in [1.165, 1.54) is 4.90 Å². The molecule has 2 aliphatic heterocycles. The molecule has 2 bridgehead atoms. The monoisotopic (exact) mass is 809 g/mol. The van der Waals surface area contributed by atoms with Gasteiger partial charge in [0.2, 0.25) is 11.8 Å². The number of ether oxygens (including phenoxy) is 2. The van der Waals surface area contributed by atoms with Crippen LogP contribution in [0.3, 0.4) is 0 Å². The van der Waals surface area contributed by atoms with Gasteiger partial charge in [0, 0.05) is 37.2 Å². The highest BCUT2D eigenvalue weighted by atomic mass is 79.9. The summed E-state index contributed by atoms with van der Waals surface area (Å²) in [6.07, 6.45) is 0.720. The number of nitrogens with zero attached hydrogens (tertiary/aromatic N) is 1. The lowest BCUT2D eigenvalue weighted by atomic mass is 9.68. The van der Waals surface area contributed by atoms with E-state index in [0.29, 0.717) is 22.7 Å². The van der Waals surface area contributed by atoms with Crippen molar-refractivity contribution in [2.45, 2.75) is 29.5 Å². The number of benzene rings is 4. The van der Waals surface area contributed by atoms with Crippen molar-refractivity contribution in [2.75, 3.05) is 23.4 Å². The fourth-order valence-electron chi connectivity index (χ4n) is 9.14. The molecule has 10 nitrogen and oxygen atoms in total. The number of carbonyl (C=O) groups excluding carboxylic acids is 4. The van der Waals surface area contributed by atoms with E-state index < -0.39 is 17.8 Å². The minimum atomic E-state index is -0.512. The largest absolute Gasteiger partial charge is 0.483 e. The van der Waals surface area contributed by atoms with E-state index in [-0.39, 0.29) is 64.7 Å². The number of carbonyl (C=O) groups is 4. The molecule has 2 N–H and O–H groups in total. The van der Waals surface area contributed by atoms with Gasteiger partial charge in [0.05, 0.1) is 34.7 Å². The molecule has 3 amide bonds. The SMILES string of the molecule is CCOC(=O)c1ccc(N2C(=O)C3C4CC(C3C2=O)C2C4Sc3[nH]c(=O)sc3[C@@H]2c2cc(Br)ccc2OCC(=O)Nc2cccc3ccccc23)cc1. The molecule has 3 fully saturated rings. The maximum Gasteiger partial charge on any atom is 0.338 e. The van der Waals surface area contributed by atoms with Gasteiger partial charge >= 0.3 is 10.8 Å². The van der Waals surface area contributed by atoms with Crippen LogP contribution in [0.5, 0.6) is 5.75 Å². The summed E-state index contributed by atoms with van der Waals surface area (Å²) in [6.45, 7) is 1.74. The Hall–Kier alpha value is -4.72. The molecule has 1 aromatic heterocycles. The molecule has 2 saturated carbocycles. The molecule has 13 heteroatoms. The number of rotatable bonds is 8. The number of hydrogen-bond acceptors (Lipinski definition) is 9. The third kappa shape index (κ3) is 5.62. The summed E-state index contributed by atoms with van der Waals surface area (Å²) >= 11 is 6.41. The summed E-state index contributed by atoms with van der Waals surface area (Å²) < 4.78 is 12.2. The number of aromatic nitrogens is 1. The van der Waals surface area contributed by atoms with E-state index in [0.717, 1.165) is 48.5 Å². The zero-order chi connectivity index (χ0) is 36.5. The van der Waals surface area contributed by atoms with Crippen LogP contribution >= 0.6 is 39.0 Å². The summed E-state index contributed by atoms with van der Waals surface area (Å²) in [5.74, 6) is -2.31. The van der Waals surface area contributed by atoms with E-state index in [4.69, 9.17) is 9.47 Å². The van der Waals surface area contributed by atoms with Gasteiger partial charge in [0.1, 0.15) is 5.75 Å². The minimum Gasteiger partial charge on any atom is -0.483 e. The van der Waals surface area contributed by atoms with Gasteiger partial charge in [0.15, 0.2) is 6.61 Å². The first kappa shape index (κ1) is 34.1. The Kier molecular flexibility index (Phi) is 8.55. The first-order chi connectivity index (χ1) is 25.7. The molecule has 3 heterocycles. The number of thiazole rings is 1. The van der Waals surface area contributed by atoms with Crippen LogP contribution in [0.15, 0.2) is 99.2 Å². The van der Waals surface area contributed by atoms with Crippen LogP contribution in [-0.4, -0.2) is 47.1 Å². The fourth-order valence-corrected chi connectivity index (χ4v) is 12.4. The number of halogens is 1. The van der Waals surface area contributed by atoms with Crippen molar-refractivity contribution < 1.29 is 28.7 Å². The number of thioether (sulfide) groups is 1. The highest BCUT2D eigenvalue weighted by Crippen LogP contribution is 2.69. The van der Waals surface area contributed by atoms with Gasteiger partial charge in [0.25, 0.3) is 5.91 Å². The topological polar surface area (TPSA) is 135 Å². The Morgan fingerprint density at radius 2 is 1.70 bits per heavy atom. The molecule has 4 aromatic carbocycles. The number of hydrogen-bond donors (Lipinski definition) is 2. The predicted octanol–water partition coefficient (Wildman–Crippen LogP) is 7.22. The van der Waals surface area contributed by atoms with Crippen LogP contribution in [0, 0.1) is 29.6 Å². The van der Waals surface area contributed by atoms with Gasteiger partial charge in [-0.05, 0) is 85.0 Å². The van der Waals surface area contributed by atoms with Crippen molar-refractivity contribution >= 4 is 84.9 Å². The maximum atomic E-state index is 14.3. The van der Waals surface area contributed by atoms with Crippen LogP contribution < -0.4 is 19.8 Å². The third-order valence-electron chi connectivity index (χ3n) is 11.1. The van der Waals surface area contributed by atoms with E-state index in [9.17, 15) is 24.0 Å². The summed E-state index contributed by atoms with van der Waals surface area (Å²) in [4.78, 5) is 71.9. The Bertz CT molecular complexity index is 2390. The van der Waals surface area contributed by atoms with Gasteiger partial charge in [-0.15, -0.1) is 11.8 Å². The quantitative estimate of drug-likeness (QED) is 0.124. The molecule has 0 spiro atoms. The number of H-pyrrole nitrogens is 1. The number of anilines is 2. The van der Waals surface area contributed by atoms with Crippen molar-refractivity contribution in [3.63, 3.8) is 0 Å². The molecule has 4 aliphatic rings. The van der Waals surface area contributed by atoms with Gasteiger partial charge < -0.3 is 19.8 Å². The zero-order valence-electron chi connectivity index (χ0n) is 28.2. The van der Waals surface area contributed by atoms with Crippen molar-refractivity contribution in [3.8, 4) is 5.75 Å². The number of esters is 1. The van der Waals surface area contributed by atoms with Crippen LogP contribution in [0.2, 0.25) is 0 Å². The van der Waals surface area contributed by atoms with Crippen LogP contribution in [0.25, 0.3) is 10.8 Å². The van der Waals surface area contributed by atoms with E-state index >= 15 is 0 Å². The first-order valence-electron chi connectivity index (χ1n) is 17.5. The van der Waals surface area contributed by atoms with Gasteiger partial charge in [-0.1, -0.05) is 63.7 Å².